The lowest BCUT2D eigenvalue weighted by molar-refractivity contribution is 0.516. The number of hydrogen-bond acceptors (Lipinski definition) is 0. The Morgan fingerprint density at radius 1 is 0.574 bits per heavy atom. The molecule has 1 aliphatic carbocycles. The standard InChI is InChI=1S/C46H39N/c1-45(2,3)36-18-14-28(15-19-36)30-10-12-32-24-40-38-8-7-9-39-41-25-33-13-11-31(29-16-20-37(21-17-29)46(4,5)6)23-35(33)27-43(41)47(44(38)39)42(40)26-34(32)22-30/h7-15,18-20,22-27,29H,16H2,1-6H3. The van der Waals surface area contributed by atoms with E-state index in [-0.39, 0.29) is 16.7 Å². The van der Waals surface area contributed by atoms with Crippen LogP contribution < -0.4 is 0 Å². The van der Waals surface area contributed by atoms with Crippen molar-refractivity contribution < 1.29 is 0 Å². The van der Waals surface area contributed by atoms with Crippen molar-refractivity contribution in [1.29, 1.82) is 0 Å². The smallest absolute Gasteiger partial charge is 0.0620 e. The zero-order valence-electron chi connectivity index (χ0n) is 28.1. The Bertz CT molecular complexity index is 2650. The number of fused-ring (bicyclic) bond motifs is 8. The second-order valence-electron chi connectivity index (χ2n) is 15.7. The van der Waals surface area contributed by atoms with Crippen molar-refractivity contribution >= 4 is 59.6 Å². The molecule has 1 unspecified atom stereocenters. The van der Waals surface area contributed by atoms with E-state index in [1.54, 1.807) is 0 Å². The first-order valence-electron chi connectivity index (χ1n) is 17.0. The van der Waals surface area contributed by atoms with Crippen LogP contribution in [-0.2, 0) is 5.41 Å². The van der Waals surface area contributed by atoms with Gasteiger partial charge in [-0.3, -0.25) is 0 Å². The number of nitrogens with zero attached hydrogens (tertiary/aromatic N) is 1. The summed E-state index contributed by atoms with van der Waals surface area (Å²) in [7, 11) is 0. The third kappa shape index (κ3) is 4.39. The summed E-state index contributed by atoms with van der Waals surface area (Å²) in [5.74, 6) is 7.30. The molecule has 9 rings (SSSR count). The van der Waals surface area contributed by atoms with Crippen LogP contribution in [-0.4, -0.2) is 4.40 Å². The van der Waals surface area contributed by atoms with Crippen molar-refractivity contribution in [3.05, 3.63) is 126 Å². The van der Waals surface area contributed by atoms with Gasteiger partial charge in [-0.2, -0.15) is 0 Å². The topological polar surface area (TPSA) is 4.41 Å². The second-order valence-corrected chi connectivity index (χ2v) is 15.7. The Kier molecular flexibility index (Phi) is 5.83. The summed E-state index contributed by atoms with van der Waals surface area (Å²) < 4.78 is 2.52. The molecule has 0 radical (unpaired) electrons. The Morgan fingerprint density at radius 2 is 1.19 bits per heavy atom. The minimum absolute atomic E-state index is 0.104. The molecule has 2 heterocycles. The Balaban J connectivity index is 1.21. The molecule has 1 aliphatic rings. The first-order valence-corrected chi connectivity index (χ1v) is 17.0. The second kappa shape index (κ2) is 9.73. The maximum absolute atomic E-state index is 3.58. The van der Waals surface area contributed by atoms with Gasteiger partial charge in [0.25, 0.3) is 0 Å². The predicted molar refractivity (Wildman–Crippen MR) is 203 cm³/mol. The lowest BCUT2D eigenvalue weighted by atomic mass is 9.81. The van der Waals surface area contributed by atoms with E-state index < -0.39 is 0 Å². The van der Waals surface area contributed by atoms with E-state index in [1.165, 1.54) is 87.5 Å². The van der Waals surface area contributed by atoms with E-state index >= 15 is 0 Å². The van der Waals surface area contributed by atoms with Crippen LogP contribution in [0.25, 0.3) is 70.8 Å². The Hall–Kier alpha value is -5.06. The van der Waals surface area contributed by atoms with E-state index in [1.807, 2.05) is 0 Å². The molecule has 228 valence electrons. The van der Waals surface area contributed by atoms with Crippen molar-refractivity contribution in [2.75, 3.05) is 0 Å². The van der Waals surface area contributed by atoms with Gasteiger partial charge in [-0.1, -0.05) is 126 Å². The van der Waals surface area contributed by atoms with E-state index in [9.17, 15) is 0 Å². The lowest BCUT2D eigenvalue weighted by Gasteiger charge is -2.22. The van der Waals surface area contributed by atoms with Gasteiger partial charge in [0, 0.05) is 33.0 Å². The third-order valence-corrected chi connectivity index (χ3v) is 10.5. The maximum atomic E-state index is 3.58. The molecule has 0 bridgehead atoms. The van der Waals surface area contributed by atoms with Gasteiger partial charge in [-0.05, 0) is 97.4 Å². The first-order chi connectivity index (χ1) is 22.5. The molecule has 1 atom stereocenters. The molecule has 1 heteroatoms. The lowest BCUT2D eigenvalue weighted by Crippen LogP contribution is -2.11. The highest BCUT2D eigenvalue weighted by Gasteiger charge is 2.21. The minimum atomic E-state index is 0.104. The van der Waals surface area contributed by atoms with Crippen molar-refractivity contribution in [1.82, 2.24) is 4.40 Å². The van der Waals surface area contributed by atoms with Gasteiger partial charge in [-0.15, -0.1) is 0 Å². The van der Waals surface area contributed by atoms with Crippen molar-refractivity contribution in [3.63, 3.8) is 0 Å². The molecule has 0 N–H and O–H groups in total. The van der Waals surface area contributed by atoms with E-state index in [2.05, 4.69) is 167 Å². The zero-order valence-corrected chi connectivity index (χ0v) is 28.1. The van der Waals surface area contributed by atoms with Gasteiger partial charge < -0.3 is 4.40 Å². The summed E-state index contributed by atoms with van der Waals surface area (Å²) in [5.41, 5.74) is 10.5. The Morgan fingerprint density at radius 3 is 1.79 bits per heavy atom. The fourth-order valence-electron chi connectivity index (χ4n) is 7.76. The van der Waals surface area contributed by atoms with Gasteiger partial charge in [0.1, 0.15) is 0 Å². The number of allylic oxidation sites excluding steroid dienone is 2. The zero-order chi connectivity index (χ0) is 32.2. The fourth-order valence-corrected chi connectivity index (χ4v) is 7.76. The van der Waals surface area contributed by atoms with Crippen molar-refractivity contribution in [3.8, 4) is 23.0 Å². The summed E-state index contributed by atoms with van der Waals surface area (Å²) in [4.78, 5) is 0. The van der Waals surface area contributed by atoms with Gasteiger partial charge in [0.2, 0.25) is 0 Å². The van der Waals surface area contributed by atoms with Gasteiger partial charge >= 0.3 is 0 Å². The molecule has 0 saturated carbocycles. The largest absolute Gasteiger partial charge is 0.308 e. The van der Waals surface area contributed by atoms with Crippen LogP contribution in [0.2, 0.25) is 0 Å². The van der Waals surface area contributed by atoms with Gasteiger partial charge in [0.15, 0.2) is 0 Å². The maximum Gasteiger partial charge on any atom is 0.0620 e. The summed E-state index contributed by atoms with van der Waals surface area (Å²) in [6.45, 7) is 13.6. The average molecular weight is 606 g/mol. The minimum Gasteiger partial charge on any atom is -0.308 e. The molecule has 2 aromatic heterocycles. The van der Waals surface area contributed by atoms with E-state index in [0.29, 0.717) is 0 Å². The molecule has 0 saturated heterocycles. The molecule has 1 nitrogen and oxygen atoms in total. The quantitative estimate of drug-likeness (QED) is 0.173. The normalized spacial score (nSPS) is 15.7. The molecule has 8 aromatic rings. The number of benzene rings is 6. The van der Waals surface area contributed by atoms with Crippen LogP contribution in [0.4, 0.5) is 0 Å². The number of para-hydroxylation sites is 1. The van der Waals surface area contributed by atoms with E-state index in [4.69, 9.17) is 0 Å². The molecule has 0 spiro atoms. The number of hydrogen-bond donors (Lipinski definition) is 0. The van der Waals surface area contributed by atoms with Gasteiger partial charge in [0.05, 0.1) is 16.6 Å². The van der Waals surface area contributed by atoms with Crippen LogP contribution in [0.5, 0.6) is 0 Å². The molecule has 47 heavy (non-hydrogen) atoms. The predicted octanol–water partition coefficient (Wildman–Crippen LogP) is 12.6. The summed E-state index contributed by atoms with van der Waals surface area (Å²) >= 11 is 0. The first kappa shape index (κ1) is 28.2. The highest BCUT2D eigenvalue weighted by Crippen LogP contribution is 2.42. The Labute approximate surface area is 276 Å². The number of rotatable bonds is 2. The van der Waals surface area contributed by atoms with Crippen molar-refractivity contribution in [2.24, 2.45) is 5.41 Å². The van der Waals surface area contributed by atoms with E-state index in [0.717, 1.165) is 6.42 Å². The molecular formula is C46H39N. The summed E-state index contributed by atoms with van der Waals surface area (Å²) in [6, 6.07) is 39.4. The summed E-state index contributed by atoms with van der Waals surface area (Å²) in [5, 5.41) is 10.4. The summed E-state index contributed by atoms with van der Waals surface area (Å²) in [6.07, 6.45) is 3.32. The van der Waals surface area contributed by atoms with Crippen LogP contribution >= 0.6 is 0 Å². The van der Waals surface area contributed by atoms with Crippen LogP contribution in [0, 0.1) is 17.3 Å². The van der Waals surface area contributed by atoms with Crippen LogP contribution in [0.3, 0.4) is 0 Å². The van der Waals surface area contributed by atoms with Crippen LogP contribution in [0.1, 0.15) is 65.0 Å². The highest BCUT2D eigenvalue weighted by atomic mass is 14.9. The molecule has 0 aliphatic heterocycles. The molecule has 0 fully saturated rings. The highest BCUT2D eigenvalue weighted by molar-refractivity contribution is 6.26. The third-order valence-electron chi connectivity index (χ3n) is 10.5. The fraction of sp³-hybridized carbons (Fsp3) is 0.217. The van der Waals surface area contributed by atoms with Gasteiger partial charge in [-0.25, -0.2) is 0 Å². The molecule has 6 aromatic carbocycles. The molecular weight excluding hydrogens is 567 g/mol. The van der Waals surface area contributed by atoms with Crippen LogP contribution in [0.15, 0.2) is 115 Å². The molecule has 0 amide bonds. The number of aromatic nitrogens is 1. The average Bonchev–Trinajstić information content (AvgIpc) is 3.56. The van der Waals surface area contributed by atoms with Crippen molar-refractivity contribution in [2.45, 2.75) is 59.3 Å². The monoisotopic (exact) mass is 605 g/mol. The SMILES string of the molecule is CC(C)(C)C1=CCC(c2ccc3cc4c5cccc6c7cc8ccc(-c9ccc(C(C)(C)C)cc9)cc8cc7n(c4cc3c2)c65)C#C1.